The Labute approximate surface area is 103 Å². The van der Waals surface area contributed by atoms with Gasteiger partial charge in [-0.1, -0.05) is 60.3 Å². The van der Waals surface area contributed by atoms with Crippen molar-refractivity contribution in [3.05, 3.63) is 0 Å². The molecule has 0 aromatic heterocycles. The molecule has 0 heteroatoms. The van der Waals surface area contributed by atoms with Crippen molar-refractivity contribution in [1.82, 2.24) is 0 Å². The third-order valence-electron chi connectivity index (χ3n) is 5.20. The molecule has 0 spiro atoms. The van der Waals surface area contributed by atoms with Gasteiger partial charge in [-0.05, 0) is 42.4 Å². The van der Waals surface area contributed by atoms with Crippen LogP contribution in [0.4, 0.5) is 0 Å². The maximum absolute atomic E-state index is 2.54. The second-order valence-electron chi connectivity index (χ2n) is 6.68. The Hall–Kier alpha value is 0. The van der Waals surface area contributed by atoms with Crippen LogP contribution < -0.4 is 0 Å². The van der Waals surface area contributed by atoms with Crippen molar-refractivity contribution in [2.24, 2.45) is 23.2 Å². The maximum atomic E-state index is 2.54. The lowest BCUT2D eigenvalue weighted by Crippen LogP contribution is -2.31. The SMILES string of the molecule is CCCCC(CC)C(C)(C)C1CCC(C)C1. The molecule has 0 saturated heterocycles. The lowest BCUT2D eigenvalue weighted by molar-refractivity contribution is 0.101. The predicted molar refractivity (Wildman–Crippen MR) is 73.6 cm³/mol. The third kappa shape index (κ3) is 3.25. The molecule has 0 aromatic rings. The number of rotatable bonds is 6. The highest BCUT2D eigenvalue weighted by Gasteiger charge is 2.38. The van der Waals surface area contributed by atoms with Gasteiger partial charge in [0.15, 0.2) is 0 Å². The largest absolute Gasteiger partial charge is 0.0654 e. The zero-order chi connectivity index (χ0) is 12.2. The Kier molecular flexibility index (Phi) is 5.34. The fourth-order valence-corrected chi connectivity index (χ4v) is 3.77. The Morgan fingerprint density at radius 1 is 1.19 bits per heavy atom. The summed E-state index contributed by atoms with van der Waals surface area (Å²) >= 11 is 0. The second-order valence-corrected chi connectivity index (χ2v) is 6.68. The van der Waals surface area contributed by atoms with Crippen molar-refractivity contribution in [1.29, 1.82) is 0 Å². The van der Waals surface area contributed by atoms with E-state index in [1.165, 1.54) is 44.9 Å². The van der Waals surface area contributed by atoms with Crippen LogP contribution in [0.1, 0.15) is 79.6 Å². The normalized spacial score (nSPS) is 28.3. The van der Waals surface area contributed by atoms with Crippen molar-refractivity contribution >= 4 is 0 Å². The zero-order valence-corrected chi connectivity index (χ0v) is 12.2. The van der Waals surface area contributed by atoms with Crippen molar-refractivity contribution in [2.45, 2.75) is 79.6 Å². The smallest absolute Gasteiger partial charge is 0.0298 e. The van der Waals surface area contributed by atoms with E-state index in [0.717, 1.165) is 17.8 Å². The molecule has 0 heterocycles. The standard InChI is InChI=1S/C16H32/c1-6-8-9-14(7-2)16(4,5)15-11-10-13(3)12-15/h13-15H,6-12H2,1-5H3. The summed E-state index contributed by atoms with van der Waals surface area (Å²) in [6.07, 6.45) is 10.0. The van der Waals surface area contributed by atoms with Gasteiger partial charge in [0.25, 0.3) is 0 Å². The third-order valence-corrected chi connectivity index (χ3v) is 5.20. The summed E-state index contributed by atoms with van der Waals surface area (Å²) in [5.74, 6) is 2.92. The molecule has 0 aliphatic heterocycles. The van der Waals surface area contributed by atoms with E-state index in [1.807, 2.05) is 0 Å². The van der Waals surface area contributed by atoms with Crippen LogP contribution in [0.3, 0.4) is 0 Å². The second kappa shape index (κ2) is 6.07. The summed E-state index contributed by atoms with van der Waals surface area (Å²) in [5, 5.41) is 0. The summed E-state index contributed by atoms with van der Waals surface area (Å²) in [6, 6.07) is 0. The van der Waals surface area contributed by atoms with Crippen LogP contribution >= 0.6 is 0 Å². The zero-order valence-electron chi connectivity index (χ0n) is 12.2. The van der Waals surface area contributed by atoms with Crippen LogP contribution in [-0.2, 0) is 0 Å². The van der Waals surface area contributed by atoms with Crippen LogP contribution in [0.2, 0.25) is 0 Å². The maximum Gasteiger partial charge on any atom is -0.0298 e. The molecule has 0 nitrogen and oxygen atoms in total. The van der Waals surface area contributed by atoms with E-state index in [0.29, 0.717) is 5.41 Å². The molecular weight excluding hydrogens is 192 g/mol. The molecule has 96 valence electrons. The highest BCUT2D eigenvalue weighted by Crippen LogP contribution is 2.48. The summed E-state index contributed by atoms with van der Waals surface area (Å²) in [5.41, 5.74) is 0.578. The highest BCUT2D eigenvalue weighted by molar-refractivity contribution is 4.88. The minimum absolute atomic E-state index is 0.578. The lowest BCUT2D eigenvalue weighted by Gasteiger charge is -2.39. The van der Waals surface area contributed by atoms with Crippen molar-refractivity contribution in [2.75, 3.05) is 0 Å². The van der Waals surface area contributed by atoms with Gasteiger partial charge in [-0.15, -0.1) is 0 Å². The van der Waals surface area contributed by atoms with Gasteiger partial charge in [-0.3, -0.25) is 0 Å². The highest BCUT2D eigenvalue weighted by atomic mass is 14.4. The van der Waals surface area contributed by atoms with Gasteiger partial charge in [-0.2, -0.15) is 0 Å². The van der Waals surface area contributed by atoms with E-state index >= 15 is 0 Å². The topological polar surface area (TPSA) is 0 Å². The van der Waals surface area contributed by atoms with Gasteiger partial charge < -0.3 is 0 Å². The Bertz CT molecular complexity index is 192. The van der Waals surface area contributed by atoms with E-state index < -0.39 is 0 Å². The van der Waals surface area contributed by atoms with E-state index in [2.05, 4.69) is 34.6 Å². The van der Waals surface area contributed by atoms with E-state index in [1.54, 1.807) is 0 Å². The molecule has 1 rings (SSSR count). The van der Waals surface area contributed by atoms with Gasteiger partial charge in [0, 0.05) is 0 Å². The van der Waals surface area contributed by atoms with E-state index in [4.69, 9.17) is 0 Å². The van der Waals surface area contributed by atoms with E-state index in [9.17, 15) is 0 Å². The van der Waals surface area contributed by atoms with Gasteiger partial charge in [-0.25, -0.2) is 0 Å². The fourth-order valence-electron chi connectivity index (χ4n) is 3.77. The van der Waals surface area contributed by atoms with Crippen LogP contribution in [0.15, 0.2) is 0 Å². The lowest BCUT2D eigenvalue weighted by atomic mass is 9.66. The average molecular weight is 224 g/mol. The number of unbranched alkanes of at least 4 members (excludes halogenated alkanes) is 1. The number of hydrogen-bond acceptors (Lipinski definition) is 0. The molecule has 0 bridgehead atoms. The van der Waals surface area contributed by atoms with E-state index in [-0.39, 0.29) is 0 Å². The minimum atomic E-state index is 0.578. The molecule has 1 aliphatic carbocycles. The predicted octanol–water partition coefficient (Wildman–Crippen LogP) is 5.67. The first kappa shape index (κ1) is 14.1. The molecule has 0 aromatic carbocycles. The monoisotopic (exact) mass is 224 g/mol. The quantitative estimate of drug-likeness (QED) is 0.545. The molecule has 16 heavy (non-hydrogen) atoms. The van der Waals surface area contributed by atoms with Gasteiger partial charge in [0.05, 0.1) is 0 Å². The van der Waals surface area contributed by atoms with Crippen LogP contribution in [-0.4, -0.2) is 0 Å². The molecule has 3 atom stereocenters. The minimum Gasteiger partial charge on any atom is -0.0654 e. The summed E-state index contributed by atoms with van der Waals surface area (Å²) < 4.78 is 0. The first-order valence-electron chi connectivity index (χ1n) is 7.52. The van der Waals surface area contributed by atoms with Gasteiger partial charge in [0.2, 0.25) is 0 Å². The molecular formula is C16H32. The Morgan fingerprint density at radius 2 is 1.88 bits per heavy atom. The Morgan fingerprint density at radius 3 is 2.31 bits per heavy atom. The first-order valence-corrected chi connectivity index (χ1v) is 7.52. The Balaban J connectivity index is 2.58. The van der Waals surface area contributed by atoms with Crippen molar-refractivity contribution in [3.8, 4) is 0 Å². The summed E-state index contributed by atoms with van der Waals surface area (Å²) in [7, 11) is 0. The summed E-state index contributed by atoms with van der Waals surface area (Å²) in [6.45, 7) is 12.2. The van der Waals surface area contributed by atoms with Crippen molar-refractivity contribution in [3.63, 3.8) is 0 Å². The molecule has 0 radical (unpaired) electrons. The first-order chi connectivity index (χ1) is 7.52. The number of hydrogen-bond donors (Lipinski definition) is 0. The van der Waals surface area contributed by atoms with Crippen molar-refractivity contribution < 1.29 is 0 Å². The van der Waals surface area contributed by atoms with Gasteiger partial charge >= 0.3 is 0 Å². The average Bonchev–Trinajstić information content (AvgIpc) is 2.66. The van der Waals surface area contributed by atoms with Crippen LogP contribution in [0, 0.1) is 23.2 Å². The molecule has 0 amide bonds. The van der Waals surface area contributed by atoms with Crippen LogP contribution in [0.5, 0.6) is 0 Å². The fraction of sp³-hybridized carbons (Fsp3) is 1.00. The van der Waals surface area contributed by atoms with Gasteiger partial charge in [0.1, 0.15) is 0 Å². The molecule has 1 aliphatic rings. The molecule has 0 N–H and O–H groups in total. The summed E-state index contributed by atoms with van der Waals surface area (Å²) in [4.78, 5) is 0. The van der Waals surface area contributed by atoms with Crippen LogP contribution in [0.25, 0.3) is 0 Å². The molecule has 1 saturated carbocycles. The molecule has 1 fully saturated rings. The molecule has 3 unspecified atom stereocenters.